The van der Waals surface area contributed by atoms with E-state index in [1.54, 1.807) is 0 Å². The van der Waals surface area contributed by atoms with Crippen LogP contribution in [0.4, 0.5) is 0 Å². The van der Waals surface area contributed by atoms with Crippen LogP contribution < -0.4 is 0 Å². The lowest BCUT2D eigenvalue weighted by molar-refractivity contribution is 1.09. The van der Waals surface area contributed by atoms with Crippen LogP contribution in [0.1, 0.15) is 0 Å². The van der Waals surface area contributed by atoms with Crippen molar-refractivity contribution in [1.82, 2.24) is 18.7 Å². The highest BCUT2D eigenvalue weighted by Gasteiger charge is 2.19. The minimum Gasteiger partial charge on any atom is -0.309 e. The van der Waals surface area contributed by atoms with Crippen molar-refractivity contribution in [3.8, 4) is 28.5 Å². The van der Waals surface area contributed by atoms with Gasteiger partial charge in [0, 0.05) is 49.6 Å². The van der Waals surface area contributed by atoms with E-state index in [-0.39, 0.29) is 0 Å². The van der Waals surface area contributed by atoms with Gasteiger partial charge in [0.1, 0.15) is 5.82 Å². The molecule has 3 heterocycles. The van der Waals surface area contributed by atoms with Gasteiger partial charge in [-0.15, -0.1) is 0 Å². The zero-order chi connectivity index (χ0) is 33.5. The summed E-state index contributed by atoms with van der Waals surface area (Å²) in [6.45, 7) is 0. The monoisotopic (exact) mass is 650 g/mol. The van der Waals surface area contributed by atoms with Crippen LogP contribution in [0.15, 0.2) is 182 Å². The molecule has 0 atom stereocenters. The summed E-state index contributed by atoms with van der Waals surface area (Å²) < 4.78 is 7.13. The van der Waals surface area contributed by atoms with Crippen molar-refractivity contribution in [2.45, 2.75) is 0 Å². The molecule has 11 aromatic rings. The molecule has 0 saturated carbocycles. The average Bonchev–Trinajstić information content (AvgIpc) is 3.86. The van der Waals surface area contributed by atoms with Crippen LogP contribution >= 0.6 is 0 Å². The first kappa shape index (κ1) is 28.0. The van der Waals surface area contributed by atoms with Crippen LogP contribution in [-0.4, -0.2) is 18.7 Å². The van der Waals surface area contributed by atoms with Crippen LogP contribution in [0.3, 0.4) is 0 Å². The molecule has 0 N–H and O–H groups in total. The first-order chi connectivity index (χ1) is 25.3. The second-order valence-corrected chi connectivity index (χ2v) is 13.2. The summed E-state index contributed by atoms with van der Waals surface area (Å²) in [4.78, 5) is 5.07. The van der Waals surface area contributed by atoms with Gasteiger partial charge in [0.05, 0.1) is 33.1 Å². The highest BCUT2D eigenvalue weighted by Crippen LogP contribution is 2.41. The van der Waals surface area contributed by atoms with Crippen molar-refractivity contribution in [2.24, 2.45) is 0 Å². The van der Waals surface area contributed by atoms with Gasteiger partial charge in [-0.3, -0.25) is 4.57 Å². The molecule has 0 bridgehead atoms. The standard InChI is InChI=1S/C47H30N4/c1-3-13-31(14-4-1)47-48-41-19-9-12-22-44(41)51(47)35-26-24-34(25-27-35)50-43-21-11-7-17-36(43)38-28-23-32-29-40-37-18-8-10-20-42(37)49(33-15-5-2-6-16-33)45(40)30-39(32)46(38)50/h1-30H. The first-order valence-electron chi connectivity index (χ1n) is 17.4. The number of aromatic nitrogens is 4. The Balaban J connectivity index is 1.18. The van der Waals surface area contributed by atoms with Gasteiger partial charge in [-0.25, -0.2) is 4.98 Å². The number of imidazole rings is 1. The molecule has 4 heteroatoms. The molecule has 0 spiro atoms. The summed E-state index contributed by atoms with van der Waals surface area (Å²) in [7, 11) is 0. The van der Waals surface area contributed by atoms with Crippen molar-refractivity contribution in [1.29, 1.82) is 0 Å². The summed E-state index contributed by atoms with van der Waals surface area (Å²) in [6.07, 6.45) is 0. The van der Waals surface area contributed by atoms with Gasteiger partial charge in [0.25, 0.3) is 0 Å². The largest absolute Gasteiger partial charge is 0.309 e. The van der Waals surface area contributed by atoms with E-state index in [2.05, 4.69) is 190 Å². The van der Waals surface area contributed by atoms with E-state index in [4.69, 9.17) is 4.98 Å². The summed E-state index contributed by atoms with van der Waals surface area (Å²) in [5, 5.41) is 7.47. The minimum atomic E-state index is 0.935. The number of para-hydroxylation sites is 5. The number of benzene rings is 8. The number of fused-ring (bicyclic) bond motifs is 9. The quantitative estimate of drug-likeness (QED) is 0.186. The molecule has 4 nitrogen and oxygen atoms in total. The van der Waals surface area contributed by atoms with E-state index in [9.17, 15) is 0 Å². The number of rotatable bonds is 4. The summed E-state index contributed by atoms with van der Waals surface area (Å²) in [5.74, 6) is 0.935. The van der Waals surface area contributed by atoms with E-state index in [1.165, 1.54) is 54.4 Å². The third-order valence-electron chi connectivity index (χ3n) is 10.4. The Hall–Kier alpha value is -6.91. The van der Waals surface area contributed by atoms with Gasteiger partial charge in [-0.1, -0.05) is 109 Å². The lowest BCUT2D eigenvalue weighted by atomic mass is 10.0. The molecule has 0 saturated heterocycles. The maximum Gasteiger partial charge on any atom is 0.145 e. The van der Waals surface area contributed by atoms with Crippen molar-refractivity contribution in [3.63, 3.8) is 0 Å². The van der Waals surface area contributed by atoms with E-state index >= 15 is 0 Å². The molecule has 0 aliphatic carbocycles. The van der Waals surface area contributed by atoms with E-state index in [0.29, 0.717) is 0 Å². The van der Waals surface area contributed by atoms with Crippen molar-refractivity contribution >= 4 is 65.4 Å². The SMILES string of the molecule is c1ccc(-c2nc3ccccc3n2-c2ccc(-n3c4ccccc4c4ccc5cc6c7ccccc7n(-c7ccccc7)c6cc5c43)cc2)cc1. The second-order valence-electron chi connectivity index (χ2n) is 13.2. The molecule has 0 amide bonds. The Bertz CT molecular complexity index is 3110. The van der Waals surface area contributed by atoms with Crippen LogP contribution in [0.5, 0.6) is 0 Å². The zero-order valence-corrected chi connectivity index (χ0v) is 27.6. The highest BCUT2D eigenvalue weighted by molar-refractivity contribution is 6.22. The molecular weight excluding hydrogens is 621 g/mol. The Morgan fingerprint density at radius 1 is 0.333 bits per heavy atom. The van der Waals surface area contributed by atoms with Gasteiger partial charge in [0.15, 0.2) is 0 Å². The molecule has 0 unspecified atom stereocenters. The van der Waals surface area contributed by atoms with Crippen LogP contribution in [-0.2, 0) is 0 Å². The van der Waals surface area contributed by atoms with Gasteiger partial charge in [-0.2, -0.15) is 0 Å². The molecule has 3 aromatic heterocycles. The second kappa shape index (κ2) is 10.8. The molecule has 0 aliphatic heterocycles. The molecule has 0 radical (unpaired) electrons. The van der Waals surface area contributed by atoms with Crippen LogP contribution in [0.25, 0.3) is 93.9 Å². The average molecular weight is 651 g/mol. The number of hydrogen-bond acceptors (Lipinski definition) is 1. The smallest absolute Gasteiger partial charge is 0.145 e. The van der Waals surface area contributed by atoms with E-state index in [0.717, 1.165) is 39.5 Å². The third kappa shape index (κ3) is 4.11. The van der Waals surface area contributed by atoms with Crippen LogP contribution in [0, 0.1) is 0 Å². The Morgan fingerprint density at radius 2 is 0.902 bits per heavy atom. The number of hydrogen-bond donors (Lipinski definition) is 0. The fraction of sp³-hybridized carbons (Fsp3) is 0. The van der Waals surface area contributed by atoms with Crippen LogP contribution in [0.2, 0.25) is 0 Å². The van der Waals surface area contributed by atoms with E-state index < -0.39 is 0 Å². The summed E-state index contributed by atoms with van der Waals surface area (Å²) >= 11 is 0. The van der Waals surface area contributed by atoms with Crippen molar-refractivity contribution in [2.75, 3.05) is 0 Å². The predicted octanol–water partition coefficient (Wildman–Crippen LogP) is 12.0. The Kier molecular flexibility index (Phi) is 5.92. The van der Waals surface area contributed by atoms with Crippen molar-refractivity contribution < 1.29 is 0 Å². The normalized spacial score (nSPS) is 11.9. The van der Waals surface area contributed by atoms with Crippen molar-refractivity contribution in [3.05, 3.63) is 182 Å². The molecule has 238 valence electrons. The molecule has 51 heavy (non-hydrogen) atoms. The molecular formula is C47H30N4. The maximum absolute atomic E-state index is 5.07. The van der Waals surface area contributed by atoms with E-state index in [1.807, 2.05) is 6.07 Å². The fourth-order valence-electron chi connectivity index (χ4n) is 8.19. The predicted molar refractivity (Wildman–Crippen MR) is 213 cm³/mol. The summed E-state index contributed by atoms with van der Waals surface area (Å²) in [5.41, 5.74) is 11.3. The molecule has 11 rings (SSSR count). The lowest BCUT2D eigenvalue weighted by Gasteiger charge is -2.14. The Morgan fingerprint density at radius 3 is 1.65 bits per heavy atom. The third-order valence-corrected chi connectivity index (χ3v) is 10.4. The van der Waals surface area contributed by atoms with Gasteiger partial charge >= 0.3 is 0 Å². The zero-order valence-electron chi connectivity index (χ0n) is 27.6. The molecule has 0 aliphatic rings. The topological polar surface area (TPSA) is 27.7 Å². The highest BCUT2D eigenvalue weighted by atomic mass is 15.1. The maximum atomic E-state index is 5.07. The van der Waals surface area contributed by atoms with Gasteiger partial charge < -0.3 is 9.13 Å². The molecule has 8 aromatic carbocycles. The lowest BCUT2D eigenvalue weighted by Crippen LogP contribution is -1.99. The minimum absolute atomic E-state index is 0.935. The fourth-order valence-corrected chi connectivity index (χ4v) is 8.19. The number of nitrogens with zero attached hydrogens (tertiary/aromatic N) is 4. The summed E-state index contributed by atoms with van der Waals surface area (Å²) in [6, 6.07) is 65.4. The van der Waals surface area contributed by atoms with Gasteiger partial charge in [0.2, 0.25) is 0 Å². The van der Waals surface area contributed by atoms with Gasteiger partial charge in [-0.05, 0) is 78.2 Å². The first-order valence-corrected chi connectivity index (χ1v) is 17.4. The Labute approximate surface area is 293 Å². The molecule has 0 fully saturated rings.